The first-order valence-corrected chi connectivity index (χ1v) is 7.30. The van der Waals surface area contributed by atoms with E-state index in [-0.39, 0.29) is 24.2 Å². The molecule has 0 radical (unpaired) electrons. The van der Waals surface area contributed by atoms with Gasteiger partial charge in [-0.05, 0) is 25.6 Å². The van der Waals surface area contributed by atoms with Crippen LogP contribution in [0, 0.1) is 5.92 Å². The second-order valence-electron chi connectivity index (χ2n) is 4.50. The zero-order valence-corrected chi connectivity index (χ0v) is 12.6. The summed E-state index contributed by atoms with van der Waals surface area (Å²) in [7, 11) is 1.88. The van der Waals surface area contributed by atoms with Crippen molar-refractivity contribution in [2.75, 3.05) is 19.3 Å². The number of thioether (sulfide) groups is 1. The van der Waals surface area contributed by atoms with Crippen LogP contribution in [0.2, 0.25) is 0 Å². The van der Waals surface area contributed by atoms with Gasteiger partial charge in [0.1, 0.15) is 0 Å². The van der Waals surface area contributed by atoms with E-state index < -0.39 is 0 Å². The molecule has 1 amide bonds. The standard InChI is InChI=1S/C12H24N2OS.ClH/c1-4-16-11-7-5-6-10(11)14-12(15)9(2)8-13-3;/h9-11,13H,4-8H2,1-3H3,(H,14,15);1H. The molecule has 0 heterocycles. The largest absolute Gasteiger partial charge is 0.352 e. The number of hydrogen-bond donors (Lipinski definition) is 2. The van der Waals surface area contributed by atoms with Crippen molar-refractivity contribution in [1.29, 1.82) is 0 Å². The lowest BCUT2D eigenvalue weighted by molar-refractivity contribution is -0.125. The van der Waals surface area contributed by atoms with Gasteiger partial charge in [0, 0.05) is 23.8 Å². The second-order valence-corrected chi connectivity index (χ2v) is 6.01. The predicted octanol–water partition coefficient (Wildman–Crippen LogP) is 2.05. The van der Waals surface area contributed by atoms with E-state index in [0.29, 0.717) is 11.3 Å². The molecular weight excluding hydrogens is 256 g/mol. The Morgan fingerprint density at radius 2 is 2.18 bits per heavy atom. The highest BCUT2D eigenvalue weighted by Gasteiger charge is 2.29. The molecule has 2 N–H and O–H groups in total. The van der Waals surface area contributed by atoms with Gasteiger partial charge in [-0.1, -0.05) is 20.3 Å². The van der Waals surface area contributed by atoms with Crippen LogP contribution in [0.5, 0.6) is 0 Å². The number of carbonyl (C=O) groups excluding carboxylic acids is 1. The summed E-state index contributed by atoms with van der Waals surface area (Å²) in [5.74, 6) is 1.41. The Bertz CT molecular complexity index is 229. The molecule has 1 fully saturated rings. The summed E-state index contributed by atoms with van der Waals surface area (Å²) in [5.41, 5.74) is 0. The third-order valence-corrected chi connectivity index (χ3v) is 4.44. The lowest BCUT2D eigenvalue weighted by atomic mass is 10.1. The average molecular weight is 281 g/mol. The molecule has 0 aromatic heterocycles. The van der Waals surface area contributed by atoms with Crippen molar-refractivity contribution >= 4 is 30.1 Å². The van der Waals surface area contributed by atoms with E-state index in [4.69, 9.17) is 0 Å². The van der Waals surface area contributed by atoms with Gasteiger partial charge in [0.15, 0.2) is 0 Å². The van der Waals surface area contributed by atoms with E-state index in [1.165, 1.54) is 12.8 Å². The lowest BCUT2D eigenvalue weighted by Gasteiger charge is -2.22. The lowest BCUT2D eigenvalue weighted by Crippen LogP contribution is -2.43. The van der Waals surface area contributed by atoms with Gasteiger partial charge in [0.25, 0.3) is 0 Å². The highest BCUT2D eigenvalue weighted by molar-refractivity contribution is 7.99. The molecule has 3 unspecified atom stereocenters. The van der Waals surface area contributed by atoms with Crippen LogP contribution in [0.4, 0.5) is 0 Å². The van der Waals surface area contributed by atoms with Crippen LogP contribution in [0.15, 0.2) is 0 Å². The highest BCUT2D eigenvalue weighted by Crippen LogP contribution is 2.29. The summed E-state index contributed by atoms with van der Waals surface area (Å²) in [5, 5.41) is 6.88. The van der Waals surface area contributed by atoms with E-state index in [9.17, 15) is 4.79 Å². The first-order chi connectivity index (χ1) is 7.69. The van der Waals surface area contributed by atoms with Gasteiger partial charge in [-0.2, -0.15) is 11.8 Å². The van der Waals surface area contributed by atoms with E-state index in [1.807, 2.05) is 25.7 Å². The van der Waals surface area contributed by atoms with Crippen LogP contribution in [-0.4, -0.2) is 36.5 Å². The van der Waals surface area contributed by atoms with Crippen molar-refractivity contribution in [1.82, 2.24) is 10.6 Å². The molecule has 0 spiro atoms. The third kappa shape index (κ3) is 5.49. The summed E-state index contributed by atoms with van der Waals surface area (Å²) < 4.78 is 0. The molecule has 0 aromatic rings. The van der Waals surface area contributed by atoms with Gasteiger partial charge in [0.2, 0.25) is 5.91 Å². The van der Waals surface area contributed by atoms with Crippen LogP contribution in [-0.2, 0) is 4.79 Å². The molecule has 3 atom stereocenters. The zero-order valence-electron chi connectivity index (χ0n) is 11.0. The van der Waals surface area contributed by atoms with Gasteiger partial charge >= 0.3 is 0 Å². The maximum atomic E-state index is 11.9. The minimum Gasteiger partial charge on any atom is -0.352 e. The SMILES string of the molecule is CCSC1CCCC1NC(=O)C(C)CNC.Cl. The first kappa shape index (κ1) is 17.1. The van der Waals surface area contributed by atoms with E-state index in [2.05, 4.69) is 17.6 Å². The number of carbonyl (C=O) groups is 1. The van der Waals surface area contributed by atoms with Gasteiger partial charge in [-0.15, -0.1) is 12.4 Å². The predicted molar refractivity (Wildman–Crippen MR) is 78.0 cm³/mol. The number of rotatable bonds is 6. The Hall–Kier alpha value is 0.0700. The quantitative estimate of drug-likeness (QED) is 0.782. The van der Waals surface area contributed by atoms with E-state index >= 15 is 0 Å². The van der Waals surface area contributed by atoms with Crippen LogP contribution < -0.4 is 10.6 Å². The van der Waals surface area contributed by atoms with Gasteiger partial charge < -0.3 is 10.6 Å². The summed E-state index contributed by atoms with van der Waals surface area (Å²) in [6.07, 6.45) is 3.66. The summed E-state index contributed by atoms with van der Waals surface area (Å²) in [6.45, 7) is 4.92. The van der Waals surface area contributed by atoms with E-state index in [0.717, 1.165) is 18.7 Å². The minimum absolute atomic E-state index is 0. The van der Waals surface area contributed by atoms with Crippen LogP contribution >= 0.6 is 24.2 Å². The van der Waals surface area contributed by atoms with Crippen molar-refractivity contribution in [2.45, 2.75) is 44.4 Å². The molecule has 0 saturated heterocycles. The fourth-order valence-corrected chi connectivity index (χ4v) is 3.43. The van der Waals surface area contributed by atoms with Crippen molar-refractivity contribution in [3.05, 3.63) is 0 Å². The Morgan fingerprint density at radius 3 is 2.76 bits per heavy atom. The zero-order chi connectivity index (χ0) is 12.0. The first-order valence-electron chi connectivity index (χ1n) is 6.25. The molecule has 0 bridgehead atoms. The highest BCUT2D eigenvalue weighted by atomic mass is 35.5. The molecule has 1 aliphatic carbocycles. The smallest absolute Gasteiger partial charge is 0.224 e. The Morgan fingerprint density at radius 1 is 1.47 bits per heavy atom. The average Bonchev–Trinajstić information content (AvgIpc) is 2.67. The maximum Gasteiger partial charge on any atom is 0.224 e. The minimum atomic E-state index is 0. The molecule has 3 nitrogen and oxygen atoms in total. The molecule has 102 valence electrons. The van der Waals surface area contributed by atoms with Crippen molar-refractivity contribution in [3.8, 4) is 0 Å². The van der Waals surface area contributed by atoms with Gasteiger partial charge in [-0.3, -0.25) is 4.79 Å². The topological polar surface area (TPSA) is 41.1 Å². The molecule has 1 saturated carbocycles. The van der Waals surface area contributed by atoms with Gasteiger partial charge in [-0.25, -0.2) is 0 Å². The van der Waals surface area contributed by atoms with Crippen LogP contribution in [0.3, 0.4) is 0 Å². The fourth-order valence-electron chi connectivity index (χ4n) is 2.23. The second kappa shape index (κ2) is 9.06. The molecule has 17 heavy (non-hydrogen) atoms. The molecule has 1 rings (SSSR count). The van der Waals surface area contributed by atoms with Crippen LogP contribution in [0.1, 0.15) is 33.1 Å². The van der Waals surface area contributed by atoms with E-state index in [1.54, 1.807) is 0 Å². The number of nitrogens with one attached hydrogen (secondary N) is 2. The van der Waals surface area contributed by atoms with Crippen molar-refractivity contribution in [3.63, 3.8) is 0 Å². The molecule has 0 aromatic carbocycles. The van der Waals surface area contributed by atoms with Gasteiger partial charge in [0.05, 0.1) is 0 Å². The van der Waals surface area contributed by atoms with Crippen molar-refractivity contribution < 1.29 is 4.79 Å². The third-order valence-electron chi connectivity index (χ3n) is 3.12. The monoisotopic (exact) mass is 280 g/mol. The normalized spacial score (nSPS) is 25.1. The number of halogens is 1. The number of hydrogen-bond acceptors (Lipinski definition) is 3. The Balaban J connectivity index is 0.00000256. The number of amides is 1. The van der Waals surface area contributed by atoms with Crippen LogP contribution in [0.25, 0.3) is 0 Å². The molecular formula is C12H25ClN2OS. The molecule has 1 aliphatic rings. The maximum absolute atomic E-state index is 11.9. The summed E-state index contributed by atoms with van der Waals surface area (Å²) in [4.78, 5) is 11.9. The molecule has 5 heteroatoms. The summed E-state index contributed by atoms with van der Waals surface area (Å²) in [6, 6.07) is 0.400. The Labute approximate surface area is 115 Å². The molecule has 0 aliphatic heterocycles. The van der Waals surface area contributed by atoms with Crippen molar-refractivity contribution in [2.24, 2.45) is 5.92 Å². The summed E-state index contributed by atoms with van der Waals surface area (Å²) >= 11 is 1.98. The Kier molecular flexibility index (Phi) is 9.10. The fraction of sp³-hybridized carbons (Fsp3) is 0.917.